The number of phosphoric acid groups is 5. The van der Waals surface area contributed by atoms with Gasteiger partial charge in [0.2, 0.25) is 0 Å². The monoisotopic (exact) mass is 1020 g/mol. The zero-order valence-corrected chi connectivity index (χ0v) is 25.9. The number of hydrogen-bond donors (Lipinski definition) is 0. The van der Waals surface area contributed by atoms with Gasteiger partial charge < -0.3 is 96.2 Å². The third-order valence-electron chi connectivity index (χ3n) is 0. The van der Waals surface area contributed by atoms with Gasteiger partial charge in [0.25, 0.3) is 0 Å². The molecule has 0 saturated heterocycles. The molecular formula is O20P5Ta3. The summed E-state index contributed by atoms with van der Waals surface area (Å²) in [6.07, 6.45) is 0. The summed E-state index contributed by atoms with van der Waals surface area (Å²) in [7, 11) is -26.9. The molecule has 0 aromatic rings. The van der Waals surface area contributed by atoms with E-state index in [0.717, 1.165) is 0 Å². The predicted molar refractivity (Wildman–Crippen MR) is 38.0 cm³/mol. The van der Waals surface area contributed by atoms with Crippen LogP contribution >= 0.6 is 39.1 Å². The van der Waals surface area contributed by atoms with Crippen LogP contribution in [0.3, 0.4) is 0 Å². The Morgan fingerprint density at radius 3 is 0.250 bits per heavy atom. The first-order valence-electron chi connectivity index (χ1n) is 3.65. The van der Waals surface area contributed by atoms with E-state index in [4.69, 9.17) is 96.2 Å². The fraction of sp³-hybridized carbons (Fsp3) is 0. The minimum atomic E-state index is -5.39. The molecule has 160 valence electrons. The fourth-order valence-electron chi connectivity index (χ4n) is 0. The SMILES string of the molecule is O=P([O-])([O-])[O-].O=P([O-])([O-])[O-].O=P([O-])([O-])[O-].O=P([O-])([O-])[O-].O=P([O-])([O-])[O-].[Ta+5].[Ta+5].[Ta+5]. The van der Waals surface area contributed by atoms with Crippen molar-refractivity contribution in [3.63, 3.8) is 0 Å². The van der Waals surface area contributed by atoms with Crippen LogP contribution in [0.1, 0.15) is 0 Å². The Labute approximate surface area is 201 Å². The molecule has 0 aliphatic heterocycles. The molecule has 28 heavy (non-hydrogen) atoms. The van der Waals surface area contributed by atoms with Crippen molar-refractivity contribution in [1.82, 2.24) is 0 Å². The summed E-state index contributed by atoms with van der Waals surface area (Å²) in [4.78, 5) is 128. The van der Waals surface area contributed by atoms with Crippen LogP contribution in [0.25, 0.3) is 0 Å². The molecule has 20 nitrogen and oxygen atoms in total. The van der Waals surface area contributed by atoms with Gasteiger partial charge in [-0.2, -0.15) is 39.1 Å². The minimum absolute atomic E-state index is 0. The Morgan fingerprint density at radius 2 is 0.250 bits per heavy atom. The topological polar surface area (TPSA) is 431 Å². The van der Waals surface area contributed by atoms with Crippen molar-refractivity contribution in [2.75, 3.05) is 0 Å². The van der Waals surface area contributed by atoms with Gasteiger partial charge in [-0.05, 0) is 0 Å². The summed E-state index contributed by atoms with van der Waals surface area (Å²) in [5.41, 5.74) is 0. The second-order valence-corrected chi connectivity index (χ2v) is 6.71. The van der Waals surface area contributed by atoms with Crippen LogP contribution in [-0.2, 0) is 90.0 Å². The molecule has 0 atom stereocenters. The third kappa shape index (κ3) is 2890. The maximum atomic E-state index is 8.55. The van der Waals surface area contributed by atoms with E-state index >= 15 is 0 Å². The molecule has 28 heteroatoms. The Bertz CT molecular complexity index is 379. The smallest absolute Gasteiger partial charge is 0.822 e. The van der Waals surface area contributed by atoms with Crippen LogP contribution in [0, 0.1) is 0 Å². The van der Waals surface area contributed by atoms with Crippen molar-refractivity contribution in [1.29, 1.82) is 0 Å². The van der Waals surface area contributed by atoms with E-state index in [1.165, 1.54) is 0 Å². The molecule has 0 saturated carbocycles. The van der Waals surface area contributed by atoms with E-state index in [2.05, 4.69) is 0 Å². The van der Waals surface area contributed by atoms with Crippen LogP contribution in [0.4, 0.5) is 0 Å². The van der Waals surface area contributed by atoms with Crippen molar-refractivity contribution < 1.29 is 163 Å². The van der Waals surface area contributed by atoms with Gasteiger partial charge in [-0.25, -0.2) is 0 Å². The molecule has 0 amide bonds. The molecule has 0 aromatic carbocycles. The van der Waals surface area contributed by atoms with Crippen molar-refractivity contribution in [3.05, 3.63) is 0 Å². The molecule has 0 aliphatic rings. The maximum absolute atomic E-state index is 8.55. The largest absolute Gasteiger partial charge is 5.00 e. The molecule has 0 heterocycles. The fourth-order valence-corrected chi connectivity index (χ4v) is 0. The Balaban J connectivity index is -0.0000000290. The standard InChI is InChI=1S/5H3O4P.3Ta/c5*1-5(2,3)4;;;/h5*(H3,1,2,3,4);;;/q;;;;;3*+5/p-15. The van der Waals surface area contributed by atoms with E-state index < -0.39 is 39.1 Å². The molecule has 0 radical (unpaired) electrons. The second kappa shape index (κ2) is 22.9. The summed E-state index contributed by atoms with van der Waals surface area (Å²) in [6, 6.07) is 0. The van der Waals surface area contributed by atoms with Crippen LogP contribution in [-0.4, -0.2) is 0 Å². The summed E-state index contributed by atoms with van der Waals surface area (Å²) in [5, 5.41) is 0. The molecule has 0 spiro atoms. The van der Waals surface area contributed by atoms with E-state index in [1.807, 2.05) is 0 Å². The molecule has 0 aromatic heterocycles. The molecule has 0 aliphatic carbocycles. The van der Waals surface area contributed by atoms with Gasteiger partial charge in [-0.15, -0.1) is 0 Å². The van der Waals surface area contributed by atoms with E-state index in [0.29, 0.717) is 0 Å². The first-order valence-corrected chi connectivity index (χ1v) is 11.0. The van der Waals surface area contributed by atoms with Gasteiger partial charge in [0.05, 0.1) is 0 Å². The predicted octanol–water partition coefficient (Wildman–Crippen LogP) is -14.1. The van der Waals surface area contributed by atoms with Crippen molar-refractivity contribution in [3.8, 4) is 0 Å². The second-order valence-electron chi connectivity index (χ2n) is 2.24. The molecule has 0 rings (SSSR count). The van der Waals surface area contributed by atoms with Gasteiger partial charge >= 0.3 is 67.1 Å². The van der Waals surface area contributed by atoms with Crippen molar-refractivity contribution in [2.45, 2.75) is 0 Å². The first-order chi connectivity index (χ1) is 10.0. The minimum Gasteiger partial charge on any atom is -0.822 e. The normalized spacial score (nSPS) is 10.5. The number of rotatable bonds is 0. The Morgan fingerprint density at radius 1 is 0.250 bits per heavy atom. The van der Waals surface area contributed by atoms with Crippen LogP contribution in [0.5, 0.6) is 0 Å². The van der Waals surface area contributed by atoms with Gasteiger partial charge in [-0.3, -0.25) is 0 Å². The van der Waals surface area contributed by atoms with Crippen molar-refractivity contribution >= 4 is 39.1 Å². The Hall–Kier alpha value is 2.77. The van der Waals surface area contributed by atoms with E-state index in [9.17, 15) is 0 Å². The van der Waals surface area contributed by atoms with Crippen molar-refractivity contribution in [2.24, 2.45) is 0 Å². The average molecular weight is 1020 g/mol. The molecule has 0 bridgehead atoms. The summed E-state index contributed by atoms with van der Waals surface area (Å²) in [6.45, 7) is 0. The molecule has 0 N–H and O–H groups in total. The quantitative estimate of drug-likeness (QED) is 0.203. The van der Waals surface area contributed by atoms with Gasteiger partial charge in [0, 0.05) is 0 Å². The first kappa shape index (κ1) is 52.6. The molecule has 0 unspecified atom stereocenters. The van der Waals surface area contributed by atoms with Gasteiger partial charge in [0.1, 0.15) is 0 Å². The van der Waals surface area contributed by atoms with Gasteiger partial charge in [-0.1, -0.05) is 0 Å². The molecule has 0 fully saturated rings. The zero-order chi connectivity index (χ0) is 22.5. The summed E-state index contributed by atoms with van der Waals surface area (Å²) in [5.74, 6) is 0. The van der Waals surface area contributed by atoms with E-state index in [-0.39, 0.29) is 67.1 Å². The maximum Gasteiger partial charge on any atom is 5.00 e. The number of hydrogen-bond acceptors (Lipinski definition) is 20. The van der Waals surface area contributed by atoms with Crippen LogP contribution in [0.15, 0.2) is 0 Å². The Kier molecular flexibility index (Phi) is 43.1. The van der Waals surface area contributed by atoms with E-state index in [1.54, 1.807) is 0 Å². The third-order valence-corrected chi connectivity index (χ3v) is 0. The summed E-state index contributed by atoms with van der Waals surface area (Å²) >= 11 is 0. The zero-order valence-electron chi connectivity index (χ0n) is 11.7. The average Bonchev–Trinajstić information content (AvgIpc) is 1.79. The van der Waals surface area contributed by atoms with Crippen LogP contribution in [0.2, 0.25) is 0 Å². The summed E-state index contributed by atoms with van der Waals surface area (Å²) < 4.78 is 42.7. The molecular weight excluding hydrogens is 1020 g/mol. The van der Waals surface area contributed by atoms with Gasteiger partial charge in [0.15, 0.2) is 0 Å². The van der Waals surface area contributed by atoms with Crippen LogP contribution < -0.4 is 73.4 Å².